The third kappa shape index (κ3) is 6.49. The lowest BCUT2D eigenvalue weighted by Gasteiger charge is -2.24. The molecule has 0 bridgehead atoms. The van der Waals surface area contributed by atoms with Crippen molar-refractivity contribution in [1.82, 2.24) is 9.99 Å². The molecule has 4 rings (SSSR count). The van der Waals surface area contributed by atoms with E-state index in [4.69, 9.17) is 9.47 Å². The number of methoxy groups -OCH3 is 2. The minimum atomic E-state index is -4.11. The van der Waals surface area contributed by atoms with Crippen LogP contribution in [0.2, 0.25) is 0 Å². The van der Waals surface area contributed by atoms with E-state index in [0.29, 0.717) is 11.5 Å². The fraction of sp³-hybridized carbons (Fsp3) is 0.250. The van der Waals surface area contributed by atoms with Gasteiger partial charge < -0.3 is 14.0 Å². The fourth-order valence-electron chi connectivity index (χ4n) is 4.87. The van der Waals surface area contributed by atoms with E-state index in [1.807, 2.05) is 26.8 Å². The van der Waals surface area contributed by atoms with Gasteiger partial charge in [-0.25, -0.2) is 13.8 Å². The summed E-state index contributed by atoms with van der Waals surface area (Å²) in [5.41, 5.74) is 9.84. The Hall–Kier alpha value is -4.57. The first-order chi connectivity index (χ1) is 19.9. The molecule has 42 heavy (non-hydrogen) atoms. The van der Waals surface area contributed by atoms with E-state index in [0.717, 1.165) is 32.5 Å². The first-order valence-corrected chi connectivity index (χ1v) is 14.8. The normalized spacial score (nSPS) is 11.5. The molecule has 0 atom stereocenters. The number of ether oxygens (including phenoxy) is 2. The van der Waals surface area contributed by atoms with E-state index in [2.05, 4.69) is 47.1 Å². The number of nitrogens with one attached hydrogen (secondary N) is 1. The number of benzene rings is 3. The summed E-state index contributed by atoms with van der Waals surface area (Å²) in [5, 5.41) is 4.16. The number of amides is 1. The second-order valence-corrected chi connectivity index (χ2v) is 12.0. The molecule has 4 aromatic rings. The molecule has 0 unspecified atom stereocenters. The molecule has 220 valence electrons. The van der Waals surface area contributed by atoms with Crippen LogP contribution in [-0.2, 0) is 14.8 Å². The minimum Gasteiger partial charge on any atom is -0.493 e. The Morgan fingerprint density at radius 3 is 2.12 bits per heavy atom. The highest BCUT2D eigenvalue weighted by atomic mass is 32.2. The second kappa shape index (κ2) is 12.5. The van der Waals surface area contributed by atoms with E-state index in [1.54, 1.807) is 30.5 Å². The number of hydrogen-bond acceptors (Lipinski definition) is 6. The summed E-state index contributed by atoms with van der Waals surface area (Å²) in [4.78, 5) is 13.1. The van der Waals surface area contributed by atoms with Gasteiger partial charge in [-0.1, -0.05) is 23.8 Å². The van der Waals surface area contributed by atoms with Gasteiger partial charge in [0, 0.05) is 28.7 Å². The fourth-order valence-corrected chi connectivity index (χ4v) is 6.28. The topological polar surface area (TPSA) is 102 Å². The average molecular weight is 589 g/mol. The number of hydrazone groups is 1. The molecular formula is C32H36N4O5S. The maximum absolute atomic E-state index is 13.7. The second-order valence-electron chi connectivity index (χ2n) is 10.2. The molecule has 0 aliphatic rings. The van der Waals surface area contributed by atoms with Crippen LogP contribution in [0.25, 0.3) is 5.69 Å². The summed E-state index contributed by atoms with van der Waals surface area (Å²) in [7, 11) is -1.17. The van der Waals surface area contributed by atoms with Gasteiger partial charge in [0.05, 0.1) is 31.0 Å². The van der Waals surface area contributed by atoms with Crippen molar-refractivity contribution >= 4 is 27.8 Å². The third-order valence-electron chi connectivity index (χ3n) is 6.88. The predicted molar refractivity (Wildman–Crippen MR) is 166 cm³/mol. The Kier molecular flexibility index (Phi) is 9.06. The number of hydrogen-bond donors (Lipinski definition) is 1. The molecule has 0 aliphatic carbocycles. The molecule has 1 N–H and O–H groups in total. The quantitative estimate of drug-likeness (QED) is 0.198. The van der Waals surface area contributed by atoms with Gasteiger partial charge in [0.15, 0.2) is 11.5 Å². The number of aromatic nitrogens is 1. The molecule has 10 heteroatoms. The lowest BCUT2D eigenvalue weighted by molar-refractivity contribution is -0.119. The highest BCUT2D eigenvalue weighted by molar-refractivity contribution is 7.92. The smallest absolute Gasteiger partial charge is 0.264 e. The van der Waals surface area contributed by atoms with E-state index in [-0.39, 0.29) is 10.6 Å². The Bertz CT molecular complexity index is 1720. The van der Waals surface area contributed by atoms with Crippen molar-refractivity contribution < 1.29 is 22.7 Å². The summed E-state index contributed by atoms with van der Waals surface area (Å²) in [6.07, 6.45) is 1.56. The van der Waals surface area contributed by atoms with Gasteiger partial charge in [-0.2, -0.15) is 5.10 Å². The van der Waals surface area contributed by atoms with Gasteiger partial charge in [-0.3, -0.25) is 9.10 Å². The van der Waals surface area contributed by atoms with Crippen molar-refractivity contribution in [3.63, 3.8) is 0 Å². The molecule has 9 nitrogen and oxygen atoms in total. The Morgan fingerprint density at radius 2 is 1.50 bits per heavy atom. The van der Waals surface area contributed by atoms with Crippen molar-refractivity contribution in [1.29, 1.82) is 0 Å². The van der Waals surface area contributed by atoms with Crippen molar-refractivity contribution in [2.24, 2.45) is 5.10 Å². The zero-order valence-corrected chi connectivity index (χ0v) is 25.7. The number of carbonyl (C=O) groups is 1. The maximum atomic E-state index is 13.7. The van der Waals surface area contributed by atoms with Crippen LogP contribution in [0, 0.1) is 34.6 Å². The van der Waals surface area contributed by atoms with Crippen LogP contribution < -0.4 is 19.2 Å². The van der Waals surface area contributed by atoms with Crippen molar-refractivity contribution in [2.75, 3.05) is 25.1 Å². The summed E-state index contributed by atoms with van der Waals surface area (Å²) in [6.45, 7) is 9.48. The maximum Gasteiger partial charge on any atom is 0.264 e. The summed E-state index contributed by atoms with van der Waals surface area (Å²) >= 11 is 0. The predicted octanol–water partition coefficient (Wildman–Crippen LogP) is 5.38. The van der Waals surface area contributed by atoms with E-state index in [1.165, 1.54) is 43.5 Å². The molecule has 0 saturated heterocycles. The molecule has 0 fully saturated rings. The van der Waals surface area contributed by atoms with Gasteiger partial charge in [0.25, 0.3) is 15.9 Å². The zero-order chi connectivity index (χ0) is 30.6. The van der Waals surface area contributed by atoms with Crippen LogP contribution in [0.1, 0.15) is 33.6 Å². The molecule has 0 spiro atoms. The lowest BCUT2D eigenvalue weighted by atomic mass is 10.1. The van der Waals surface area contributed by atoms with Gasteiger partial charge >= 0.3 is 0 Å². The Balaban J connectivity index is 1.60. The van der Waals surface area contributed by atoms with E-state index < -0.39 is 22.5 Å². The number of nitrogens with zero attached hydrogens (tertiary/aromatic N) is 3. The SMILES string of the molecule is COc1ccc(N(CC(=O)N/N=C\c2cc(C)n(-c3cc(C)cc(C)c3)c2C)S(=O)(=O)c2ccc(C)cc2)cc1OC. The van der Waals surface area contributed by atoms with Crippen LogP contribution >= 0.6 is 0 Å². The molecule has 1 heterocycles. The molecular weight excluding hydrogens is 552 g/mol. The van der Waals surface area contributed by atoms with E-state index in [9.17, 15) is 13.2 Å². The number of anilines is 1. The zero-order valence-electron chi connectivity index (χ0n) is 24.9. The molecule has 3 aromatic carbocycles. The first-order valence-electron chi connectivity index (χ1n) is 13.4. The van der Waals surface area contributed by atoms with Gasteiger partial charge in [0.1, 0.15) is 6.54 Å². The minimum absolute atomic E-state index is 0.0537. The Morgan fingerprint density at radius 1 is 0.857 bits per heavy atom. The van der Waals surface area contributed by atoms with Gasteiger partial charge in [-0.05, 0) is 88.2 Å². The first kappa shape index (κ1) is 30.4. The third-order valence-corrected chi connectivity index (χ3v) is 8.67. The number of sulfonamides is 1. The van der Waals surface area contributed by atoms with Crippen molar-refractivity contribution in [2.45, 2.75) is 39.5 Å². The van der Waals surface area contributed by atoms with E-state index >= 15 is 0 Å². The standard InChI is InChI=1S/C32H36N4O5S/c1-21-8-11-29(12-9-21)42(38,39)35(27-10-13-30(40-6)31(18-27)41-7)20-32(37)34-33-19-26-17-24(4)36(25(26)5)28-15-22(2)14-23(3)16-28/h8-19H,20H2,1-7H3,(H,34,37)/b33-19-. The van der Waals surface area contributed by atoms with Crippen molar-refractivity contribution in [3.05, 3.63) is 100 Å². The molecule has 0 saturated carbocycles. The number of carbonyl (C=O) groups excluding carboxylic acids is 1. The monoisotopic (exact) mass is 588 g/mol. The lowest BCUT2D eigenvalue weighted by Crippen LogP contribution is -2.39. The summed E-state index contributed by atoms with van der Waals surface area (Å²) in [6, 6.07) is 19.5. The molecule has 1 amide bonds. The molecule has 0 aliphatic heterocycles. The molecule has 1 aromatic heterocycles. The van der Waals surface area contributed by atoms with Crippen LogP contribution in [0.5, 0.6) is 11.5 Å². The van der Waals surface area contributed by atoms with Crippen LogP contribution in [-0.4, -0.2) is 45.9 Å². The highest BCUT2D eigenvalue weighted by Crippen LogP contribution is 2.34. The van der Waals surface area contributed by atoms with Gasteiger partial charge in [0.2, 0.25) is 0 Å². The van der Waals surface area contributed by atoms with Crippen LogP contribution in [0.15, 0.2) is 76.7 Å². The summed E-state index contributed by atoms with van der Waals surface area (Å²) in [5.74, 6) is 0.151. The number of rotatable bonds is 10. The van der Waals surface area contributed by atoms with Crippen LogP contribution in [0.3, 0.4) is 0 Å². The number of aryl methyl sites for hydroxylation is 4. The average Bonchev–Trinajstić information content (AvgIpc) is 3.23. The van der Waals surface area contributed by atoms with Crippen molar-refractivity contribution in [3.8, 4) is 17.2 Å². The largest absolute Gasteiger partial charge is 0.493 e. The molecule has 0 radical (unpaired) electrons. The highest BCUT2D eigenvalue weighted by Gasteiger charge is 2.28. The Labute approximate surface area is 247 Å². The van der Waals surface area contributed by atoms with Gasteiger partial charge in [-0.15, -0.1) is 0 Å². The summed E-state index contributed by atoms with van der Waals surface area (Å²) < 4.78 is 41.3. The van der Waals surface area contributed by atoms with Crippen LogP contribution in [0.4, 0.5) is 5.69 Å².